The van der Waals surface area contributed by atoms with E-state index in [0.29, 0.717) is 23.6 Å². The van der Waals surface area contributed by atoms with Gasteiger partial charge in [0.25, 0.3) is 5.69 Å². The largest absolute Gasteiger partial charge is 0.378 e. The Kier molecular flexibility index (Phi) is 5.29. The van der Waals surface area contributed by atoms with Crippen molar-refractivity contribution in [2.45, 2.75) is 38.3 Å². The average molecular weight is 462 g/mol. The number of aromatic nitrogens is 4. The predicted octanol–water partition coefficient (Wildman–Crippen LogP) is 4.38. The van der Waals surface area contributed by atoms with Crippen LogP contribution in [0.15, 0.2) is 36.7 Å². The zero-order valence-electron chi connectivity index (χ0n) is 18.9. The van der Waals surface area contributed by atoms with Gasteiger partial charge in [0.15, 0.2) is 0 Å². The number of ether oxygens (including phenoxy) is 1. The Morgan fingerprint density at radius 3 is 2.79 bits per heavy atom. The minimum absolute atomic E-state index is 0.0491. The van der Waals surface area contributed by atoms with E-state index in [1.807, 2.05) is 6.33 Å². The second kappa shape index (κ2) is 8.60. The number of non-ortho nitro benzene ring substituents is 1. The molecule has 0 atom stereocenters. The lowest BCUT2D eigenvalue weighted by Crippen LogP contribution is -2.36. The monoisotopic (exact) mass is 461 g/mol. The molecule has 0 bridgehead atoms. The number of benzene rings is 2. The summed E-state index contributed by atoms with van der Waals surface area (Å²) in [5, 5.41) is 14.6. The predicted molar refractivity (Wildman–Crippen MR) is 130 cm³/mol. The van der Waals surface area contributed by atoms with E-state index in [2.05, 4.69) is 36.9 Å². The number of nitrogens with one attached hydrogen (secondary N) is 2. The molecule has 2 aliphatic rings. The number of anilines is 2. The second-order valence-corrected chi connectivity index (χ2v) is 9.05. The summed E-state index contributed by atoms with van der Waals surface area (Å²) < 4.78 is 7.90. The van der Waals surface area contributed by atoms with Gasteiger partial charge in [-0.2, -0.15) is 0 Å². The summed E-state index contributed by atoms with van der Waals surface area (Å²) in [6.07, 6.45) is 6.91. The lowest BCUT2D eigenvalue weighted by molar-refractivity contribution is -0.384. The summed E-state index contributed by atoms with van der Waals surface area (Å²) in [6, 6.07) is 9.60. The molecule has 2 aromatic heterocycles. The molecule has 1 aliphatic carbocycles. The third-order valence-corrected chi connectivity index (χ3v) is 6.93. The van der Waals surface area contributed by atoms with E-state index >= 15 is 0 Å². The van der Waals surface area contributed by atoms with Crippen molar-refractivity contribution >= 4 is 39.1 Å². The number of aromatic amines is 1. The fourth-order valence-corrected chi connectivity index (χ4v) is 5.16. The van der Waals surface area contributed by atoms with Crippen LogP contribution in [0.1, 0.15) is 37.5 Å². The van der Waals surface area contributed by atoms with Crippen molar-refractivity contribution in [1.29, 1.82) is 0 Å². The van der Waals surface area contributed by atoms with Gasteiger partial charge in [-0.15, -0.1) is 0 Å². The standard InChI is InChI=1S/C24H27N7O3/c32-31(33)17-5-6-19-20(11-17)28-23(27-19)14-25-21-12-18(29-7-9-34-10-8-29)13-22-24(21)26-15-30(22)16-3-1-2-4-16/h5-6,11-13,15-16,25H,1-4,7-10,14H2,(H,27,28). The molecule has 0 spiro atoms. The van der Waals surface area contributed by atoms with Crippen LogP contribution < -0.4 is 10.2 Å². The number of morpholine rings is 1. The highest BCUT2D eigenvalue weighted by atomic mass is 16.6. The SMILES string of the molecule is O=[N+]([O-])c1ccc2nc(CNc3cc(N4CCOCC4)cc4c3ncn4C3CCCC3)[nH]c2c1. The first-order valence-corrected chi connectivity index (χ1v) is 11.9. The molecule has 3 heterocycles. The van der Waals surface area contributed by atoms with Crippen LogP contribution in [0.5, 0.6) is 0 Å². The van der Waals surface area contributed by atoms with Crippen molar-refractivity contribution in [1.82, 2.24) is 19.5 Å². The highest BCUT2D eigenvalue weighted by Crippen LogP contribution is 2.36. The second-order valence-electron chi connectivity index (χ2n) is 9.05. The van der Waals surface area contributed by atoms with Crippen LogP contribution in [0.25, 0.3) is 22.1 Å². The maximum Gasteiger partial charge on any atom is 0.271 e. The molecule has 10 heteroatoms. The summed E-state index contributed by atoms with van der Waals surface area (Å²) in [6.45, 7) is 3.65. The molecule has 34 heavy (non-hydrogen) atoms. The Morgan fingerprint density at radius 1 is 1.18 bits per heavy atom. The Hall–Kier alpha value is -3.66. The van der Waals surface area contributed by atoms with Gasteiger partial charge >= 0.3 is 0 Å². The van der Waals surface area contributed by atoms with Gasteiger partial charge in [-0.1, -0.05) is 12.8 Å². The molecule has 0 radical (unpaired) electrons. The maximum atomic E-state index is 11.1. The topological polar surface area (TPSA) is 114 Å². The Labute approximate surface area is 196 Å². The Morgan fingerprint density at radius 2 is 2.00 bits per heavy atom. The molecule has 2 aromatic carbocycles. The minimum atomic E-state index is -0.396. The van der Waals surface area contributed by atoms with Crippen LogP contribution in [0.3, 0.4) is 0 Å². The number of hydrogen-bond acceptors (Lipinski definition) is 7. The third-order valence-electron chi connectivity index (χ3n) is 6.93. The van der Waals surface area contributed by atoms with Gasteiger partial charge in [0, 0.05) is 37.0 Å². The van der Waals surface area contributed by atoms with Gasteiger partial charge in [-0.25, -0.2) is 9.97 Å². The first-order chi connectivity index (χ1) is 16.7. The number of nitrogens with zero attached hydrogens (tertiary/aromatic N) is 5. The quantitative estimate of drug-likeness (QED) is 0.323. The molecule has 2 N–H and O–H groups in total. The fourth-order valence-electron chi connectivity index (χ4n) is 5.16. The van der Waals surface area contributed by atoms with Crippen molar-refractivity contribution in [2.75, 3.05) is 36.5 Å². The van der Waals surface area contributed by atoms with Gasteiger partial charge in [-0.3, -0.25) is 10.1 Å². The van der Waals surface area contributed by atoms with Crippen LogP contribution >= 0.6 is 0 Å². The van der Waals surface area contributed by atoms with Crippen LogP contribution in [-0.4, -0.2) is 50.7 Å². The molecule has 1 saturated heterocycles. The summed E-state index contributed by atoms with van der Waals surface area (Å²) >= 11 is 0. The van der Waals surface area contributed by atoms with Crippen molar-refractivity contribution < 1.29 is 9.66 Å². The van der Waals surface area contributed by atoms with Gasteiger partial charge < -0.3 is 24.5 Å². The van der Waals surface area contributed by atoms with Gasteiger partial charge in [0.2, 0.25) is 0 Å². The van der Waals surface area contributed by atoms with E-state index in [0.717, 1.165) is 48.8 Å². The van der Waals surface area contributed by atoms with E-state index in [4.69, 9.17) is 9.72 Å². The number of nitro groups is 1. The molecule has 1 aliphatic heterocycles. The first kappa shape index (κ1) is 20.9. The van der Waals surface area contributed by atoms with Gasteiger partial charge in [0.05, 0.1) is 53.2 Å². The molecule has 4 aromatic rings. The molecular weight excluding hydrogens is 434 g/mol. The summed E-state index contributed by atoms with van der Waals surface area (Å²) in [7, 11) is 0. The summed E-state index contributed by atoms with van der Waals surface area (Å²) in [4.78, 5) is 25.6. The molecule has 6 rings (SSSR count). The van der Waals surface area contributed by atoms with E-state index in [1.54, 1.807) is 6.07 Å². The minimum Gasteiger partial charge on any atom is -0.378 e. The molecule has 2 fully saturated rings. The van der Waals surface area contributed by atoms with Crippen LogP contribution in [0, 0.1) is 10.1 Å². The van der Waals surface area contributed by atoms with Crippen molar-refractivity contribution in [3.63, 3.8) is 0 Å². The molecule has 1 saturated carbocycles. The lowest BCUT2D eigenvalue weighted by atomic mass is 10.2. The molecule has 10 nitrogen and oxygen atoms in total. The van der Waals surface area contributed by atoms with Crippen molar-refractivity contribution in [3.05, 3.63) is 52.6 Å². The Bertz CT molecular complexity index is 1350. The zero-order chi connectivity index (χ0) is 23.1. The highest BCUT2D eigenvalue weighted by Gasteiger charge is 2.22. The number of rotatable bonds is 6. The van der Waals surface area contributed by atoms with Crippen LogP contribution in [-0.2, 0) is 11.3 Å². The maximum absolute atomic E-state index is 11.1. The highest BCUT2D eigenvalue weighted by molar-refractivity contribution is 5.92. The van der Waals surface area contributed by atoms with E-state index in [-0.39, 0.29) is 5.69 Å². The van der Waals surface area contributed by atoms with E-state index < -0.39 is 4.92 Å². The molecular formula is C24H27N7O3. The van der Waals surface area contributed by atoms with Crippen molar-refractivity contribution in [2.24, 2.45) is 0 Å². The number of imidazole rings is 2. The number of nitro benzene ring substituents is 1. The van der Waals surface area contributed by atoms with Gasteiger partial charge in [-0.05, 0) is 31.0 Å². The number of H-pyrrole nitrogens is 1. The average Bonchev–Trinajstić information content (AvgIpc) is 3.61. The molecule has 0 unspecified atom stereocenters. The summed E-state index contributed by atoms with van der Waals surface area (Å²) in [5.74, 6) is 0.718. The first-order valence-electron chi connectivity index (χ1n) is 11.9. The van der Waals surface area contributed by atoms with Crippen LogP contribution in [0.2, 0.25) is 0 Å². The lowest BCUT2D eigenvalue weighted by Gasteiger charge is -2.29. The molecule has 0 amide bonds. The van der Waals surface area contributed by atoms with E-state index in [1.165, 1.54) is 43.5 Å². The van der Waals surface area contributed by atoms with Gasteiger partial charge in [0.1, 0.15) is 11.3 Å². The van der Waals surface area contributed by atoms with E-state index in [9.17, 15) is 10.1 Å². The van der Waals surface area contributed by atoms with Crippen molar-refractivity contribution in [3.8, 4) is 0 Å². The van der Waals surface area contributed by atoms with Crippen LogP contribution in [0.4, 0.5) is 17.1 Å². The molecule has 176 valence electrons. The fraction of sp³-hybridized carbons (Fsp3) is 0.417. The number of fused-ring (bicyclic) bond motifs is 2. The zero-order valence-corrected chi connectivity index (χ0v) is 18.9. The third kappa shape index (κ3) is 3.83. The Balaban J connectivity index is 1.33. The summed E-state index contributed by atoms with van der Waals surface area (Å²) in [5.41, 5.74) is 5.65. The number of hydrogen-bond donors (Lipinski definition) is 2. The smallest absolute Gasteiger partial charge is 0.271 e. The normalized spacial score (nSPS) is 17.1.